The second-order valence-electron chi connectivity index (χ2n) is 3.46. The molecule has 0 unspecified atom stereocenters. The van der Waals surface area contributed by atoms with E-state index in [-0.39, 0.29) is 5.92 Å². The maximum absolute atomic E-state index is 5.18. The minimum atomic E-state index is 0.280. The number of rotatable bonds is 5. The van der Waals surface area contributed by atoms with Crippen molar-refractivity contribution < 1.29 is 9.57 Å². The van der Waals surface area contributed by atoms with Crippen molar-refractivity contribution in [2.24, 2.45) is 11.1 Å². The van der Waals surface area contributed by atoms with Crippen LogP contribution in [0.25, 0.3) is 0 Å². The standard InChI is InChI=1S/C12H16NO2/c1-10(2)8-13-15-9-11-6-4-5-7-12(11)14-3/h4-7,10H,9H2,1-3H3. The van der Waals surface area contributed by atoms with Gasteiger partial charge in [-0.2, -0.15) is 0 Å². The van der Waals surface area contributed by atoms with Crippen LogP contribution in [0.2, 0.25) is 0 Å². The van der Waals surface area contributed by atoms with Crippen LogP contribution in [0, 0.1) is 5.92 Å². The Labute approximate surface area is 90.7 Å². The maximum atomic E-state index is 5.18. The second kappa shape index (κ2) is 6.06. The molecule has 0 aliphatic rings. The van der Waals surface area contributed by atoms with Crippen molar-refractivity contribution in [2.45, 2.75) is 20.5 Å². The van der Waals surface area contributed by atoms with E-state index in [1.165, 1.54) is 0 Å². The molecule has 0 saturated heterocycles. The van der Waals surface area contributed by atoms with Gasteiger partial charge in [0.2, 0.25) is 0 Å². The van der Waals surface area contributed by atoms with Crippen LogP contribution < -0.4 is 4.74 Å². The molecule has 0 heterocycles. The van der Waals surface area contributed by atoms with Crippen LogP contribution in [0.1, 0.15) is 19.4 Å². The Morgan fingerprint density at radius 3 is 2.73 bits per heavy atom. The second-order valence-corrected chi connectivity index (χ2v) is 3.46. The first-order chi connectivity index (χ1) is 7.24. The summed E-state index contributed by atoms with van der Waals surface area (Å²) in [4.78, 5) is 5.11. The first-order valence-corrected chi connectivity index (χ1v) is 4.93. The van der Waals surface area contributed by atoms with Crippen molar-refractivity contribution in [3.05, 3.63) is 29.8 Å². The lowest BCUT2D eigenvalue weighted by Crippen LogP contribution is -1.94. The molecule has 15 heavy (non-hydrogen) atoms. The van der Waals surface area contributed by atoms with E-state index in [4.69, 9.17) is 9.57 Å². The van der Waals surface area contributed by atoms with Gasteiger partial charge in [0.25, 0.3) is 0 Å². The molecule has 0 amide bonds. The Balaban J connectivity index is 2.50. The van der Waals surface area contributed by atoms with Gasteiger partial charge in [-0.3, -0.25) is 0 Å². The molecule has 3 heteroatoms. The molecule has 81 valence electrons. The van der Waals surface area contributed by atoms with Gasteiger partial charge in [0.05, 0.1) is 7.11 Å². The maximum Gasteiger partial charge on any atom is 0.145 e. The average molecular weight is 206 g/mol. The third-order valence-electron chi connectivity index (χ3n) is 1.79. The fourth-order valence-corrected chi connectivity index (χ4v) is 1.07. The van der Waals surface area contributed by atoms with Crippen LogP contribution in [0.4, 0.5) is 0 Å². The van der Waals surface area contributed by atoms with Crippen molar-refractivity contribution in [2.75, 3.05) is 7.11 Å². The number of hydrogen-bond acceptors (Lipinski definition) is 3. The summed E-state index contributed by atoms with van der Waals surface area (Å²) in [5.74, 6) is 1.10. The first kappa shape index (κ1) is 11.6. The third kappa shape index (κ3) is 4.02. The molecule has 0 bridgehead atoms. The van der Waals surface area contributed by atoms with E-state index in [2.05, 4.69) is 11.4 Å². The molecule has 0 aromatic heterocycles. The largest absolute Gasteiger partial charge is 0.496 e. The number of nitrogens with zero attached hydrogens (tertiary/aromatic N) is 1. The van der Waals surface area contributed by atoms with Crippen molar-refractivity contribution in [3.8, 4) is 5.75 Å². The highest BCUT2D eigenvalue weighted by Gasteiger charge is 2.00. The zero-order valence-corrected chi connectivity index (χ0v) is 9.36. The molecule has 1 aromatic carbocycles. The predicted molar refractivity (Wildman–Crippen MR) is 60.1 cm³/mol. The van der Waals surface area contributed by atoms with Crippen molar-refractivity contribution in [1.29, 1.82) is 0 Å². The molecular weight excluding hydrogens is 190 g/mol. The molecule has 0 aliphatic heterocycles. The summed E-state index contributed by atoms with van der Waals surface area (Å²) in [6, 6.07) is 7.71. The zero-order valence-electron chi connectivity index (χ0n) is 9.36. The summed E-state index contributed by atoms with van der Waals surface area (Å²) >= 11 is 0. The zero-order chi connectivity index (χ0) is 11.1. The predicted octanol–water partition coefficient (Wildman–Crippen LogP) is 2.73. The Bertz CT molecular complexity index is 321. The van der Waals surface area contributed by atoms with Crippen LogP contribution in [0.15, 0.2) is 29.4 Å². The molecule has 1 rings (SSSR count). The molecule has 1 radical (unpaired) electrons. The SMILES string of the molecule is COc1ccccc1CO/N=[C]\C(C)C. The van der Waals surface area contributed by atoms with Gasteiger partial charge in [0, 0.05) is 11.5 Å². The monoisotopic (exact) mass is 206 g/mol. The third-order valence-corrected chi connectivity index (χ3v) is 1.79. The van der Waals surface area contributed by atoms with Gasteiger partial charge in [-0.25, -0.2) is 0 Å². The minimum Gasteiger partial charge on any atom is -0.496 e. The Morgan fingerprint density at radius 1 is 1.33 bits per heavy atom. The van der Waals surface area contributed by atoms with Crippen molar-refractivity contribution in [1.82, 2.24) is 0 Å². The van der Waals surface area contributed by atoms with Crippen LogP contribution in [-0.4, -0.2) is 13.3 Å². The van der Waals surface area contributed by atoms with E-state index in [9.17, 15) is 0 Å². The highest BCUT2D eigenvalue weighted by molar-refractivity contribution is 5.58. The quantitative estimate of drug-likeness (QED) is 0.548. The van der Waals surface area contributed by atoms with Crippen LogP contribution in [0.5, 0.6) is 5.75 Å². The van der Waals surface area contributed by atoms with Gasteiger partial charge in [-0.05, 0) is 6.07 Å². The van der Waals surface area contributed by atoms with Crippen molar-refractivity contribution in [3.63, 3.8) is 0 Å². The fraction of sp³-hybridized carbons (Fsp3) is 0.417. The van der Waals surface area contributed by atoms with E-state index < -0.39 is 0 Å². The van der Waals surface area contributed by atoms with Gasteiger partial charge in [-0.15, -0.1) is 0 Å². The highest BCUT2D eigenvalue weighted by Crippen LogP contribution is 2.17. The van der Waals surface area contributed by atoms with Gasteiger partial charge in [0.1, 0.15) is 18.6 Å². The number of ether oxygens (including phenoxy) is 1. The molecule has 0 N–H and O–H groups in total. The number of methoxy groups -OCH3 is 1. The highest BCUT2D eigenvalue weighted by atomic mass is 16.6. The van der Waals surface area contributed by atoms with E-state index in [0.717, 1.165) is 11.3 Å². The van der Waals surface area contributed by atoms with Gasteiger partial charge in [-0.1, -0.05) is 37.2 Å². The van der Waals surface area contributed by atoms with Gasteiger partial charge >= 0.3 is 0 Å². The van der Waals surface area contributed by atoms with Crippen LogP contribution in [0.3, 0.4) is 0 Å². The Hall–Kier alpha value is -1.51. The van der Waals surface area contributed by atoms with Gasteiger partial charge in [0.15, 0.2) is 0 Å². The Morgan fingerprint density at radius 2 is 2.07 bits per heavy atom. The molecular formula is C12H16NO2. The number of benzene rings is 1. The fourth-order valence-electron chi connectivity index (χ4n) is 1.07. The minimum absolute atomic E-state index is 0.280. The summed E-state index contributed by atoms with van der Waals surface area (Å²) in [6.45, 7) is 4.40. The lowest BCUT2D eigenvalue weighted by Gasteiger charge is -2.06. The Kier molecular flexibility index (Phi) is 4.68. The topological polar surface area (TPSA) is 30.8 Å². The molecule has 0 fully saturated rings. The average Bonchev–Trinajstić information content (AvgIpc) is 2.24. The van der Waals surface area contributed by atoms with Crippen LogP contribution >= 0.6 is 0 Å². The molecule has 1 aromatic rings. The molecule has 0 saturated carbocycles. The summed E-state index contributed by atoms with van der Waals surface area (Å²) in [6.07, 6.45) is 2.82. The van der Waals surface area contributed by atoms with E-state index in [1.54, 1.807) is 7.11 Å². The molecule has 0 atom stereocenters. The van der Waals surface area contributed by atoms with Gasteiger partial charge < -0.3 is 9.57 Å². The normalized spacial score (nSPS) is 10.9. The molecule has 3 nitrogen and oxygen atoms in total. The smallest absolute Gasteiger partial charge is 0.145 e. The van der Waals surface area contributed by atoms with E-state index >= 15 is 0 Å². The summed E-state index contributed by atoms with van der Waals surface area (Å²) < 4.78 is 5.18. The van der Waals surface area contributed by atoms with E-state index in [1.807, 2.05) is 38.1 Å². The van der Waals surface area contributed by atoms with Crippen LogP contribution in [-0.2, 0) is 11.4 Å². The van der Waals surface area contributed by atoms with E-state index in [0.29, 0.717) is 6.61 Å². The number of para-hydroxylation sites is 1. The lowest BCUT2D eigenvalue weighted by atomic mass is 10.2. The van der Waals surface area contributed by atoms with Crippen molar-refractivity contribution >= 4 is 6.21 Å². The molecule has 0 aliphatic carbocycles. The molecule has 0 spiro atoms. The first-order valence-electron chi connectivity index (χ1n) is 4.93. The number of hydrogen-bond donors (Lipinski definition) is 0. The lowest BCUT2D eigenvalue weighted by molar-refractivity contribution is 0.128. The summed E-state index contributed by atoms with van der Waals surface area (Å²) in [7, 11) is 1.64. The summed E-state index contributed by atoms with van der Waals surface area (Å²) in [5, 5.41) is 3.74. The summed E-state index contributed by atoms with van der Waals surface area (Å²) in [5.41, 5.74) is 0.981.